The molecule has 2 heterocycles. The standard InChI is InChI=1S/C13H27N3O/c1-10-5-13(8-14,9-15(10)4)16-6-11(2)17-12(3)7-16/h10-12H,5-9,14H2,1-4H3. The molecule has 2 rings (SSSR count). The Balaban J connectivity index is 2.12. The Morgan fingerprint density at radius 1 is 1.24 bits per heavy atom. The molecule has 0 amide bonds. The zero-order valence-corrected chi connectivity index (χ0v) is 11.6. The highest BCUT2D eigenvalue weighted by molar-refractivity contribution is 5.03. The van der Waals surface area contributed by atoms with Crippen LogP contribution in [0.3, 0.4) is 0 Å². The molecule has 2 aliphatic heterocycles. The molecule has 4 unspecified atom stereocenters. The predicted molar refractivity (Wildman–Crippen MR) is 70.1 cm³/mol. The maximum absolute atomic E-state index is 6.11. The normalized spacial score (nSPS) is 45.4. The van der Waals surface area contributed by atoms with E-state index in [4.69, 9.17) is 10.5 Å². The molecular weight excluding hydrogens is 214 g/mol. The van der Waals surface area contributed by atoms with Crippen LogP contribution in [0.5, 0.6) is 0 Å². The summed E-state index contributed by atoms with van der Waals surface area (Å²) in [6, 6.07) is 0.631. The van der Waals surface area contributed by atoms with Crippen LogP contribution in [0, 0.1) is 0 Å². The minimum atomic E-state index is 0.167. The summed E-state index contributed by atoms with van der Waals surface area (Å²) < 4.78 is 5.82. The third-order valence-corrected chi connectivity index (χ3v) is 4.44. The van der Waals surface area contributed by atoms with Gasteiger partial charge in [-0.05, 0) is 34.2 Å². The van der Waals surface area contributed by atoms with Gasteiger partial charge in [-0.15, -0.1) is 0 Å². The van der Waals surface area contributed by atoms with Crippen LogP contribution < -0.4 is 5.73 Å². The molecule has 0 aromatic rings. The molecule has 2 aliphatic rings. The van der Waals surface area contributed by atoms with Crippen molar-refractivity contribution in [3.8, 4) is 0 Å². The lowest BCUT2D eigenvalue weighted by atomic mass is 9.92. The molecule has 0 aliphatic carbocycles. The van der Waals surface area contributed by atoms with E-state index in [1.54, 1.807) is 0 Å². The maximum atomic E-state index is 6.11. The molecule has 2 fully saturated rings. The van der Waals surface area contributed by atoms with Gasteiger partial charge in [0.2, 0.25) is 0 Å². The minimum absolute atomic E-state index is 0.167. The Labute approximate surface area is 105 Å². The minimum Gasteiger partial charge on any atom is -0.373 e. The Hall–Kier alpha value is -0.160. The van der Waals surface area contributed by atoms with E-state index in [2.05, 4.69) is 37.6 Å². The molecule has 17 heavy (non-hydrogen) atoms. The zero-order valence-electron chi connectivity index (χ0n) is 11.6. The summed E-state index contributed by atoms with van der Waals surface area (Å²) in [6.45, 7) is 10.5. The highest BCUT2D eigenvalue weighted by atomic mass is 16.5. The third-order valence-electron chi connectivity index (χ3n) is 4.44. The molecule has 0 saturated carbocycles. The van der Waals surface area contributed by atoms with Gasteiger partial charge in [0.15, 0.2) is 0 Å². The van der Waals surface area contributed by atoms with Crippen LogP contribution in [0.2, 0.25) is 0 Å². The molecule has 2 saturated heterocycles. The monoisotopic (exact) mass is 241 g/mol. The van der Waals surface area contributed by atoms with Gasteiger partial charge >= 0.3 is 0 Å². The van der Waals surface area contributed by atoms with Crippen molar-refractivity contribution >= 4 is 0 Å². The van der Waals surface area contributed by atoms with Crippen molar-refractivity contribution in [1.82, 2.24) is 9.80 Å². The van der Waals surface area contributed by atoms with E-state index in [1.807, 2.05) is 0 Å². The second kappa shape index (κ2) is 4.84. The molecule has 4 atom stereocenters. The molecule has 0 spiro atoms. The van der Waals surface area contributed by atoms with Crippen LogP contribution in [0.4, 0.5) is 0 Å². The van der Waals surface area contributed by atoms with E-state index in [1.165, 1.54) is 6.42 Å². The first kappa shape index (κ1) is 13.3. The lowest BCUT2D eigenvalue weighted by Gasteiger charge is -2.46. The fraction of sp³-hybridized carbons (Fsp3) is 1.00. The van der Waals surface area contributed by atoms with Gasteiger partial charge in [0.25, 0.3) is 0 Å². The van der Waals surface area contributed by atoms with E-state index < -0.39 is 0 Å². The van der Waals surface area contributed by atoms with Crippen LogP contribution in [0.25, 0.3) is 0 Å². The molecule has 0 bridgehead atoms. The summed E-state index contributed by atoms with van der Waals surface area (Å²) in [6.07, 6.45) is 1.83. The van der Waals surface area contributed by atoms with E-state index in [9.17, 15) is 0 Å². The van der Waals surface area contributed by atoms with E-state index in [0.717, 1.165) is 26.2 Å². The molecule has 0 radical (unpaired) electrons. The summed E-state index contributed by atoms with van der Waals surface area (Å²) in [5.41, 5.74) is 6.27. The van der Waals surface area contributed by atoms with E-state index in [-0.39, 0.29) is 5.54 Å². The van der Waals surface area contributed by atoms with Crippen molar-refractivity contribution in [2.24, 2.45) is 5.73 Å². The lowest BCUT2D eigenvalue weighted by Crippen LogP contribution is -2.61. The zero-order chi connectivity index (χ0) is 12.6. The second-order valence-corrected chi connectivity index (χ2v) is 6.06. The van der Waals surface area contributed by atoms with Gasteiger partial charge < -0.3 is 15.4 Å². The smallest absolute Gasteiger partial charge is 0.0678 e. The van der Waals surface area contributed by atoms with Crippen molar-refractivity contribution in [1.29, 1.82) is 0 Å². The molecular formula is C13H27N3O. The van der Waals surface area contributed by atoms with Crippen molar-refractivity contribution in [3.63, 3.8) is 0 Å². The predicted octanol–water partition coefficient (Wildman–Crippen LogP) is 0.517. The quantitative estimate of drug-likeness (QED) is 0.765. The molecule has 0 aromatic heterocycles. The summed E-state index contributed by atoms with van der Waals surface area (Å²) in [7, 11) is 2.20. The number of nitrogens with two attached hydrogens (primary N) is 1. The summed E-state index contributed by atoms with van der Waals surface area (Å²) >= 11 is 0. The van der Waals surface area contributed by atoms with Crippen LogP contribution >= 0.6 is 0 Å². The second-order valence-electron chi connectivity index (χ2n) is 6.06. The highest BCUT2D eigenvalue weighted by Gasteiger charge is 2.45. The van der Waals surface area contributed by atoms with Gasteiger partial charge in [-0.25, -0.2) is 0 Å². The number of ether oxygens (including phenoxy) is 1. The Morgan fingerprint density at radius 3 is 2.24 bits per heavy atom. The van der Waals surface area contributed by atoms with Crippen molar-refractivity contribution in [3.05, 3.63) is 0 Å². The average Bonchev–Trinajstić information content (AvgIpc) is 2.55. The number of hydrogen-bond acceptors (Lipinski definition) is 4. The molecule has 100 valence electrons. The van der Waals surface area contributed by atoms with Crippen LogP contribution in [-0.4, -0.2) is 66.8 Å². The number of hydrogen-bond donors (Lipinski definition) is 1. The summed E-state index contributed by atoms with van der Waals surface area (Å²) in [5.74, 6) is 0. The number of morpholine rings is 1. The number of rotatable bonds is 2. The van der Waals surface area contributed by atoms with Crippen molar-refractivity contribution in [2.75, 3.05) is 33.2 Å². The molecule has 2 N–H and O–H groups in total. The third kappa shape index (κ3) is 2.50. The molecule has 0 aromatic carbocycles. The molecule has 4 nitrogen and oxygen atoms in total. The van der Waals surface area contributed by atoms with Gasteiger partial charge in [-0.3, -0.25) is 4.90 Å². The van der Waals surface area contributed by atoms with Crippen molar-refractivity contribution in [2.45, 2.75) is 51.0 Å². The number of likely N-dealkylation sites (tertiary alicyclic amines) is 1. The van der Waals surface area contributed by atoms with Crippen LogP contribution in [0.1, 0.15) is 27.2 Å². The first-order valence-electron chi connectivity index (χ1n) is 6.77. The van der Waals surface area contributed by atoms with Gasteiger partial charge in [0.05, 0.1) is 12.2 Å². The van der Waals surface area contributed by atoms with Gasteiger partial charge in [0.1, 0.15) is 0 Å². The fourth-order valence-corrected chi connectivity index (χ4v) is 3.46. The fourth-order valence-electron chi connectivity index (χ4n) is 3.46. The van der Waals surface area contributed by atoms with Gasteiger partial charge in [-0.2, -0.15) is 0 Å². The van der Waals surface area contributed by atoms with Crippen LogP contribution in [0.15, 0.2) is 0 Å². The van der Waals surface area contributed by atoms with Gasteiger partial charge in [-0.1, -0.05) is 0 Å². The highest BCUT2D eigenvalue weighted by Crippen LogP contribution is 2.32. The summed E-state index contributed by atoms with van der Waals surface area (Å²) in [4.78, 5) is 5.00. The topological polar surface area (TPSA) is 41.7 Å². The first-order chi connectivity index (χ1) is 7.97. The Bertz CT molecular complexity index is 251. The largest absolute Gasteiger partial charge is 0.373 e. The molecule has 4 heteroatoms. The Kier molecular flexibility index (Phi) is 3.78. The number of likely N-dealkylation sites (N-methyl/N-ethyl adjacent to an activating group) is 1. The lowest BCUT2D eigenvalue weighted by molar-refractivity contribution is -0.0984. The summed E-state index contributed by atoms with van der Waals surface area (Å²) in [5, 5.41) is 0. The van der Waals surface area contributed by atoms with Gasteiger partial charge in [0, 0.05) is 37.8 Å². The SMILES string of the molecule is CC1CN(C2(CN)CC(C)N(C)C2)CC(C)O1. The van der Waals surface area contributed by atoms with E-state index >= 15 is 0 Å². The first-order valence-corrected chi connectivity index (χ1v) is 6.77. The number of nitrogens with zero attached hydrogens (tertiary/aromatic N) is 2. The van der Waals surface area contributed by atoms with Crippen LogP contribution in [-0.2, 0) is 4.74 Å². The van der Waals surface area contributed by atoms with E-state index in [0.29, 0.717) is 18.2 Å². The maximum Gasteiger partial charge on any atom is 0.0678 e. The Morgan fingerprint density at radius 2 is 1.82 bits per heavy atom. The van der Waals surface area contributed by atoms with Crippen molar-refractivity contribution < 1.29 is 4.74 Å². The average molecular weight is 241 g/mol.